The van der Waals surface area contributed by atoms with Crippen LogP contribution in [-0.2, 0) is 0 Å². The number of carboxylic acid groups (broad SMARTS) is 1. The molecule has 0 bridgehead atoms. The molecule has 2 aromatic carbocycles. The number of hydrogen-bond donors (Lipinski definition) is 2. The van der Waals surface area contributed by atoms with Crippen LogP contribution in [-0.4, -0.2) is 11.1 Å². The van der Waals surface area contributed by atoms with Crippen LogP contribution in [0.5, 0.6) is 0 Å². The van der Waals surface area contributed by atoms with Gasteiger partial charge in [0.05, 0.1) is 11.3 Å². The Hall–Kier alpha value is -2.50. The van der Waals surface area contributed by atoms with Crippen LogP contribution in [0.3, 0.4) is 0 Å². The lowest BCUT2D eigenvalue weighted by atomic mass is 10.1. The molecule has 0 aliphatic rings. The van der Waals surface area contributed by atoms with E-state index in [0.29, 0.717) is 17.7 Å². The van der Waals surface area contributed by atoms with Crippen molar-refractivity contribution >= 4 is 17.3 Å². The van der Waals surface area contributed by atoms with Gasteiger partial charge in [-0.05, 0) is 30.7 Å². The van der Waals surface area contributed by atoms with Gasteiger partial charge < -0.3 is 10.4 Å². The maximum atomic E-state index is 13.7. The molecule has 2 N–H and O–H groups in total. The van der Waals surface area contributed by atoms with E-state index in [1.54, 1.807) is 13.0 Å². The monoisotopic (exact) mass is 281 g/mol. The lowest BCUT2D eigenvalue weighted by Crippen LogP contribution is -2.05. The number of aromatic carboxylic acids is 1. The van der Waals surface area contributed by atoms with Gasteiger partial charge in [0.2, 0.25) is 0 Å². The molecular formula is C14H10F3NO2. The van der Waals surface area contributed by atoms with Crippen LogP contribution in [0.25, 0.3) is 0 Å². The molecule has 0 spiro atoms. The fourth-order valence-electron chi connectivity index (χ4n) is 1.73. The molecule has 20 heavy (non-hydrogen) atoms. The van der Waals surface area contributed by atoms with E-state index in [-0.39, 0.29) is 5.69 Å². The first kappa shape index (κ1) is 13.9. The van der Waals surface area contributed by atoms with E-state index in [1.807, 2.05) is 0 Å². The van der Waals surface area contributed by atoms with Crippen molar-refractivity contribution in [2.45, 2.75) is 6.92 Å². The number of nitrogens with one attached hydrogen (secondary N) is 1. The van der Waals surface area contributed by atoms with Crippen LogP contribution in [0, 0.1) is 24.4 Å². The van der Waals surface area contributed by atoms with Crippen molar-refractivity contribution in [2.75, 3.05) is 5.32 Å². The van der Waals surface area contributed by atoms with Crippen molar-refractivity contribution in [2.24, 2.45) is 0 Å². The lowest BCUT2D eigenvalue weighted by molar-refractivity contribution is 0.0696. The molecule has 0 unspecified atom stereocenters. The summed E-state index contributed by atoms with van der Waals surface area (Å²) in [5.74, 6) is -4.32. The number of aryl methyl sites for hydroxylation is 1. The summed E-state index contributed by atoms with van der Waals surface area (Å²) in [4.78, 5) is 10.7. The molecule has 0 saturated heterocycles. The zero-order chi connectivity index (χ0) is 14.9. The van der Waals surface area contributed by atoms with Gasteiger partial charge >= 0.3 is 5.97 Å². The summed E-state index contributed by atoms with van der Waals surface area (Å²) in [5, 5.41) is 11.0. The molecule has 104 valence electrons. The average Bonchev–Trinajstić information content (AvgIpc) is 2.36. The van der Waals surface area contributed by atoms with E-state index >= 15 is 0 Å². The Morgan fingerprint density at radius 2 is 1.65 bits per heavy atom. The van der Waals surface area contributed by atoms with E-state index in [1.165, 1.54) is 6.07 Å². The van der Waals surface area contributed by atoms with Gasteiger partial charge in [-0.3, -0.25) is 0 Å². The summed E-state index contributed by atoms with van der Waals surface area (Å²) in [5.41, 5.74) is -0.710. The van der Waals surface area contributed by atoms with Crippen LogP contribution in [0.15, 0.2) is 30.3 Å². The van der Waals surface area contributed by atoms with Gasteiger partial charge in [0.25, 0.3) is 0 Å². The van der Waals surface area contributed by atoms with Gasteiger partial charge in [0.1, 0.15) is 11.5 Å². The highest BCUT2D eigenvalue weighted by Gasteiger charge is 2.16. The standard InChI is InChI=1S/C14H10F3NO2/c1-7-3-2-4-9(15)12(7)18-13-10(16)5-8(14(19)20)6-11(13)17/h2-6,18H,1H3,(H,19,20). The maximum absolute atomic E-state index is 13.7. The normalized spacial score (nSPS) is 10.4. The predicted octanol–water partition coefficient (Wildman–Crippen LogP) is 3.85. The van der Waals surface area contributed by atoms with Gasteiger partial charge in [-0.25, -0.2) is 18.0 Å². The number of anilines is 2. The third kappa shape index (κ3) is 2.59. The van der Waals surface area contributed by atoms with Crippen LogP contribution in [0.1, 0.15) is 15.9 Å². The summed E-state index contributed by atoms with van der Waals surface area (Å²) in [6.45, 7) is 1.58. The summed E-state index contributed by atoms with van der Waals surface area (Å²) in [6, 6.07) is 5.54. The molecule has 0 amide bonds. The molecule has 2 rings (SSSR count). The molecule has 3 nitrogen and oxygen atoms in total. The van der Waals surface area contributed by atoms with Crippen LogP contribution < -0.4 is 5.32 Å². The van der Waals surface area contributed by atoms with Crippen LogP contribution >= 0.6 is 0 Å². The van der Waals surface area contributed by atoms with Crippen LogP contribution in [0.4, 0.5) is 24.5 Å². The summed E-state index contributed by atoms with van der Waals surface area (Å²) in [7, 11) is 0. The van der Waals surface area contributed by atoms with E-state index in [4.69, 9.17) is 5.11 Å². The van der Waals surface area contributed by atoms with E-state index in [0.717, 1.165) is 6.07 Å². The third-order valence-electron chi connectivity index (χ3n) is 2.76. The molecule has 6 heteroatoms. The molecule has 0 atom stereocenters. The van der Waals surface area contributed by atoms with Crippen molar-refractivity contribution in [3.05, 3.63) is 58.9 Å². The molecule has 0 aromatic heterocycles. The molecule has 2 aromatic rings. The number of rotatable bonds is 3. The summed E-state index contributed by atoms with van der Waals surface area (Å²) < 4.78 is 41.1. The number of carbonyl (C=O) groups is 1. The quantitative estimate of drug-likeness (QED) is 0.898. The minimum Gasteiger partial charge on any atom is -0.478 e. The SMILES string of the molecule is Cc1cccc(F)c1Nc1c(F)cc(C(=O)O)cc1F. The largest absolute Gasteiger partial charge is 0.478 e. The Morgan fingerprint density at radius 1 is 1.05 bits per heavy atom. The Kier molecular flexibility index (Phi) is 3.65. The minimum absolute atomic E-state index is 0.0617. The first-order valence-corrected chi connectivity index (χ1v) is 5.64. The fraction of sp³-hybridized carbons (Fsp3) is 0.0714. The highest BCUT2D eigenvalue weighted by Crippen LogP contribution is 2.28. The van der Waals surface area contributed by atoms with Crippen molar-refractivity contribution in [3.63, 3.8) is 0 Å². The van der Waals surface area contributed by atoms with E-state index < -0.39 is 34.7 Å². The molecule has 0 heterocycles. The Morgan fingerprint density at radius 3 is 2.15 bits per heavy atom. The molecule has 0 aliphatic heterocycles. The molecular weight excluding hydrogens is 271 g/mol. The topological polar surface area (TPSA) is 49.3 Å². The Balaban J connectivity index is 2.47. The van der Waals surface area contributed by atoms with E-state index in [9.17, 15) is 18.0 Å². The molecule has 0 saturated carbocycles. The zero-order valence-electron chi connectivity index (χ0n) is 10.4. The molecule has 0 fully saturated rings. The van der Waals surface area contributed by atoms with Crippen molar-refractivity contribution < 1.29 is 23.1 Å². The summed E-state index contributed by atoms with van der Waals surface area (Å²) >= 11 is 0. The maximum Gasteiger partial charge on any atom is 0.335 e. The Labute approximate surface area is 112 Å². The number of para-hydroxylation sites is 1. The zero-order valence-corrected chi connectivity index (χ0v) is 10.4. The highest BCUT2D eigenvalue weighted by atomic mass is 19.1. The van der Waals surface area contributed by atoms with Gasteiger partial charge in [0, 0.05) is 0 Å². The van der Waals surface area contributed by atoms with Gasteiger partial charge in [-0.15, -0.1) is 0 Å². The van der Waals surface area contributed by atoms with Gasteiger partial charge in [-0.2, -0.15) is 0 Å². The number of carboxylic acids is 1. The lowest BCUT2D eigenvalue weighted by Gasteiger charge is -2.12. The van der Waals surface area contributed by atoms with Crippen molar-refractivity contribution in [1.82, 2.24) is 0 Å². The number of benzene rings is 2. The second kappa shape index (κ2) is 5.24. The number of halogens is 3. The Bertz CT molecular complexity index is 643. The fourth-order valence-corrected chi connectivity index (χ4v) is 1.73. The first-order valence-electron chi connectivity index (χ1n) is 5.64. The van der Waals surface area contributed by atoms with E-state index in [2.05, 4.69) is 5.32 Å². The second-order valence-electron chi connectivity index (χ2n) is 4.18. The summed E-state index contributed by atoms with van der Waals surface area (Å²) in [6.07, 6.45) is 0. The van der Waals surface area contributed by atoms with Gasteiger partial charge in [0.15, 0.2) is 11.6 Å². The smallest absolute Gasteiger partial charge is 0.335 e. The molecule has 0 aliphatic carbocycles. The number of hydrogen-bond acceptors (Lipinski definition) is 2. The predicted molar refractivity (Wildman–Crippen MR) is 67.7 cm³/mol. The third-order valence-corrected chi connectivity index (χ3v) is 2.76. The van der Waals surface area contributed by atoms with Crippen LogP contribution in [0.2, 0.25) is 0 Å². The van der Waals surface area contributed by atoms with Crippen molar-refractivity contribution in [3.8, 4) is 0 Å². The average molecular weight is 281 g/mol. The molecule has 0 radical (unpaired) electrons. The highest BCUT2D eigenvalue weighted by molar-refractivity contribution is 5.88. The first-order chi connectivity index (χ1) is 9.40. The van der Waals surface area contributed by atoms with Crippen molar-refractivity contribution in [1.29, 1.82) is 0 Å². The minimum atomic E-state index is -1.45. The second-order valence-corrected chi connectivity index (χ2v) is 4.18. The van der Waals surface area contributed by atoms with Gasteiger partial charge in [-0.1, -0.05) is 12.1 Å².